The molecule has 1 aliphatic heterocycles. The van der Waals surface area contributed by atoms with E-state index in [4.69, 9.17) is 4.74 Å². The van der Waals surface area contributed by atoms with E-state index in [0.29, 0.717) is 37.4 Å². The molecule has 1 heterocycles. The molecule has 2 amide bonds. The van der Waals surface area contributed by atoms with Crippen LogP contribution in [0.2, 0.25) is 0 Å². The van der Waals surface area contributed by atoms with Gasteiger partial charge in [-0.15, -0.1) is 0 Å². The molecule has 28 heavy (non-hydrogen) atoms. The Hall–Kier alpha value is -3.54. The summed E-state index contributed by atoms with van der Waals surface area (Å²) in [6.45, 7) is 3.86. The van der Waals surface area contributed by atoms with Crippen LogP contribution in [0.1, 0.15) is 17.3 Å². The largest absolute Gasteiger partial charge is 0.462 e. The van der Waals surface area contributed by atoms with Crippen LogP contribution in [0.4, 0.5) is 10.5 Å². The van der Waals surface area contributed by atoms with Gasteiger partial charge in [-0.05, 0) is 31.2 Å². The lowest BCUT2D eigenvalue weighted by Gasteiger charge is -2.33. The first-order valence-corrected chi connectivity index (χ1v) is 8.76. The number of hydrogen-bond donors (Lipinski definition) is 1. The molecule has 1 aromatic rings. The van der Waals surface area contributed by atoms with Crippen molar-refractivity contribution in [2.24, 2.45) is 0 Å². The Labute approximate surface area is 163 Å². The fourth-order valence-electron chi connectivity index (χ4n) is 2.59. The molecule has 148 valence electrons. The zero-order chi connectivity index (χ0) is 20.5. The first-order chi connectivity index (χ1) is 13.5. The Morgan fingerprint density at radius 2 is 1.82 bits per heavy atom. The number of carbonyl (C=O) groups is 3. The van der Waals surface area contributed by atoms with Crippen molar-refractivity contribution in [3.8, 4) is 6.07 Å². The zero-order valence-corrected chi connectivity index (χ0v) is 15.8. The number of benzene rings is 1. The number of nitriles is 1. The third kappa shape index (κ3) is 5.48. The molecule has 0 radical (unpaired) electrons. The van der Waals surface area contributed by atoms with Gasteiger partial charge in [-0.2, -0.15) is 5.26 Å². The quantitative estimate of drug-likeness (QED) is 0.465. The molecule has 9 heteroatoms. The van der Waals surface area contributed by atoms with Crippen LogP contribution in [0, 0.1) is 11.3 Å². The molecule has 0 aliphatic carbocycles. The molecular formula is C19H22N4O5. The molecule has 2 rings (SSSR count). The van der Waals surface area contributed by atoms with Gasteiger partial charge in [-0.3, -0.25) is 4.79 Å². The molecule has 0 aromatic heterocycles. The minimum absolute atomic E-state index is 0.0546. The van der Waals surface area contributed by atoms with Gasteiger partial charge in [0.05, 0.1) is 19.3 Å². The van der Waals surface area contributed by atoms with Crippen LogP contribution in [0.3, 0.4) is 0 Å². The van der Waals surface area contributed by atoms with Crippen LogP contribution in [0.5, 0.6) is 0 Å². The number of nitrogens with zero attached hydrogens (tertiary/aromatic N) is 3. The maximum Gasteiger partial charge on any atom is 0.409 e. The average molecular weight is 386 g/mol. The lowest BCUT2D eigenvalue weighted by Crippen LogP contribution is -2.47. The predicted molar refractivity (Wildman–Crippen MR) is 100 cm³/mol. The normalized spacial score (nSPS) is 14.1. The van der Waals surface area contributed by atoms with Gasteiger partial charge in [0.2, 0.25) is 0 Å². The number of anilines is 1. The maximum atomic E-state index is 12.4. The summed E-state index contributed by atoms with van der Waals surface area (Å²) in [5, 5.41) is 11.9. The summed E-state index contributed by atoms with van der Waals surface area (Å²) in [6.07, 6.45) is 1.09. The highest BCUT2D eigenvalue weighted by atomic mass is 16.5. The van der Waals surface area contributed by atoms with Crippen molar-refractivity contribution in [2.75, 3.05) is 45.2 Å². The smallest absolute Gasteiger partial charge is 0.409 e. The van der Waals surface area contributed by atoms with E-state index >= 15 is 0 Å². The number of nitrogens with one attached hydrogen (secondary N) is 1. The Morgan fingerprint density at radius 1 is 1.18 bits per heavy atom. The Bertz CT molecular complexity index is 790. The van der Waals surface area contributed by atoms with Crippen molar-refractivity contribution in [1.29, 1.82) is 5.26 Å². The fourth-order valence-corrected chi connectivity index (χ4v) is 2.59. The van der Waals surface area contributed by atoms with E-state index in [-0.39, 0.29) is 12.2 Å². The van der Waals surface area contributed by atoms with E-state index in [2.05, 4.69) is 10.1 Å². The third-order valence-corrected chi connectivity index (χ3v) is 4.08. The number of hydrogen-bond acceptors (Lipinski definition) is 7. The summed E-state index contributed by atoms with van der Waals surface area (Å²) in [6, 6.07) is 8.09. The van der Waals surface area contributed by atoms with Crippen molar-refractivity contribution < 1.29 is 23.9 Å². The van der Waals surface area contributed by atoms with Crippen molar-refractivity contribution in [1.82, 2.24) is 9.80 Å². The molecule has 9 nitrogen and oxygen atoms in total. The molecule has 0 unspecified atom stereocenters. The monoisotopic (exact) mass is 386 g/mol. The highest BCUT2D eigenvalue weighted by molar-refractivity contribution is 6.06. The number of piperazine rings is 1. The predicted octanol–water partition coefficient (Wildman–Crippen LogP) is 1.59. The number of methoxy groups -OCH3 is 1. The summed E-state index contributed by atoms with van der Waals surface area (Å²) in [7, 11) is 1.33. The van der Waals surface area contributed by atoms with Gasteiger partial charge in [-0.1, -0.05) is 0 Å². The van der Waals surface area contributed by atoms with E-state index in [1.807, 2.05) is 6.07 Å². The topological polar surface area (TPSA) is 112 Å². The second-order valence-electron chi connectivity index (χ2n) is 5.90. The van der Waals surface area contributed by atoms with Crippen molar-refractivity contribution in [2.45, 2.75) is 6.92 Å². The fraction of sp³-hybridized carbons (Fsp3) is 0.368. The van der Waals surface area contributed by atoms with Crippen LogP contribution in [-0.2, 0) is 14.3 Å². The van der Waals surface area contributed by atoms with E-state index in [1.165, 1.54) is 25.4 Å². The standard InChI is InChI=1S/C19H22N4O5/c1-3-28-18(25)14-4-6-16(7-5-14)21-17(24)15(12-20)13-22-8-10-23(11-9-22)19(26)27-2/h4-7,13H,3,8-11H2,1-2H3,(H,21,24)/b15-13-. The SMILES string of the molecule is CCOC(=O)c1ccc(NC(=O)/C(C#N)=C\N2CCN(C(=O)OC)CC2)cc1. The summed E-state index contributed by atoms with van der Waals surface area (Å²) in [5.74, 6) is -0.995. The second-order valence-corrected chi connectivity index (χ2v) is 5.90. The first-order valence-electron chi connectivity index (χ1n) is 8.76. The van der Waals surface area contributed by atoms with E-state index < -0.39 is 18.0 Å². The lowest BCUT2D eigenvalue weighted by atomic mass is 10.2. The van der Waals surface area contributed by atoms with Crippen LogP contribution in [0.15, 0.2) is 36.0 Å². The van der Waals surface area contributed by atoms with E-state index in [1.54, 1.807) is 28.9 Å². The molecule has 1 N–H and O–H groups in total. The van der Waals surface area contributed by atoms with Gasteiger partial charge >= 0.3 is 12.1 Å². The lowest BCUT2D eigenvalue weighted by molar-refractivity contribution is -0.112. The van der Waals surface area contributed by atoms with Gasteiger partial charge < -0.3 is 24.6 Å². The van der Waals surface area contributed by atoms with Gasteiger partial charge in [0.25, 0.3) is 5.91 Å². The zero-order valence-electron chi connectivity index (χ0n) is 15.8. The number of esters is 1. The molecule has 0 spiro atoms. The number of carbonyl (C=O) groups excluding carboxylic acids is 3. The summed E-state index contributed by atoms with van der Waals surface area (Å²) < 4.78 is 9.58. The summed E-state index contributed by atoms with van der Waals surface area (Å²) in [4.78, 5) is 38.8. The van der Waals surface area contributed by atoms with Crippen LogP contribution >= 0.6 is 0 Å². The van der Waals surface area contributed by atoms with Crippen LogP contribution in [0.25, 0.3) is 0 Å². The molecule has 1 saturated heterocycles. The van der Waals surface area contributed by atoms with E-state index in [9.17, 15) is 19.6 Å². The van der Waals surface area contributed by atoms with Crippen LogP contribution in [-0.4, -0.2) is 67.7 Å². The first kappa shape index (κ1) is 20.8. The molecule has 0 atom stereocenters. The van der Waals surface area contributed by atoms with Gasteiger partial charge in [0.1, 0.15) is 11.6 Å². The average Bonchev–Trinajstić information content (AvgIpc) is 2.72. The summed E-state index contributed by atoms with van der Waals surface area (Å²) in [5.41, 5.74) is 0.773. The van der Waals surface area contributed by atoms with Crippen molar-refractivity contribution >= 4 is 23.7 Å². The molecule has 0 saturated carbocycles. The minimum atomic E-state index is -0.554. The van der Waals surface area contributed by atoms with Gasteiger partial charge in [0, 0.05) is 38.1 Å². The van der Waals surface area contributed by atoms with Crippen molar-refractivity contribution in [3.63, 3.8) is 0 Å². The minimum Gasteiger partial charge on any atom is -0.462 e. The van der Waals surface area contributed by atoms with Gasteiger partial charge in [-0.25, -0.2) is 9.59 Å². The highest BCUT2D eigenvalue weighted by Gasteiger charge is 2.21. The number of ether oxygens (including phenoxy) is 2. The Balaban J connectivity index is 1.96. The third-order valence-electron chi connectivity index (χ3n) is 4.08. The van der Waals surface area contributed by atoms with Gasteiger partial charge in [0.15, 0.2) is 0 Å². The Kier molecular flexibility index (Phi) is 7.39. The Morgan fingerprint density at radius 3 is 2.36 bits per heavy atom. The molecule has 0 bridgehead atoms. The molecule has 1 aromatic carbocycles. The number of rotatable bonds is 5. The molecular weight excluding hydrogens is 364 g/mol. The summed E-state index contributed by atoms with van der Waals surface area (Å²) >= 11 is 0. The second kappa shape index (κ2) is 9.97. The van der Waals surface area contributed by atoms with Crippen LogP contribution < -0.4 is 5.32 Å². The van der Waals surface area contributed by atoms with Crippen molar-refractivity contribution in [3.05, 3.63) is 41.6 Å². The molecule has 1 aliphatic rings. The maximum absolute atomic E-state index is 12.4. The van der Waals surface area contributed by atoms with E-state index in [0.717, 1.165) is 0 Å². The molecule has 1 fully saturated rings. The number of amides is 2. The highest BCUT2D eigenvalue weighted by Crippen LogP contribution is 2.13.